The van der Waals surface area contributed by atoms with Gasteiger partial charge in [-0.1, -0.05) is 12.8 Å². The van der Waals surface area contributed by atoms with E-state index >= 15 is 0 Å². The molecule has 1 fully saturated rings. The van der Waals surface area contributed by atoms with Crippen LogP contribution in [0.25, 0.3) is 0 Å². The van der Waals surface area contributed by atoms with E-state index in [2.05, 4.69) is 10.1 Å². The van der Waals surface area contributed by atoms with Gasteiger partial charge in [0, 0.05) is 37.3 Å². The number of halogens is 2. The number of carbonyl (C=O) groups is 1. The number of aliphatic hydroxyl groups is 1. The number of nitrogens with zero attached hydrogens (tertiary/aromatic N) is 1. The molecule has 0 saturated heterocycles. The molecule has 0 aliphatic heterocycles. The van der Waals surface area contributed by atoms with Gasteiger partial charge in [0.15, 0.2) is 17.4 Å². The van der Waals surface area contributed by atoms with Crippen molar-refractivity contribution in [1.82, 2.24) is 4.90 Å². The quantitative estimate of drug-likeness (QED) is 0.893. The molecule has 2 N–H and O–H groups in total. The molecule has 5 nitrogen and oxygen atoms in total. The van der Waals surface area contributed by atoms with Crippen molar-refractivity contribution >= 4 is 11.7 Å². The number of amides is 2. The molecule has 0 aromatic heterocycles. The Bertz CT molecular complexity index is 545. The first kappa shape index (κ1) is 17.5. The second-order valence-electron chi connectivity index (χ2n) is 5.90. The second-order valence-corrected chi connectivity index (χ2v) is 5.90. The molecule has 0 radical (unpaired) electrons. The summed E-state index contributed by atoms with van der Waals surface area (Å²) in [6.07, 6.45) is 3.24. The third kappa shape index (κ3) is 4.31. The van der Waals surface area contributed by atoms with Crippen LogP contribution in [0, 0.1) is 17.6 Å². The predicted molar refractivity (Wildman–Crippen MR) is 82.5 cm³/mol. The third-order valence-corrected chi connectivity index (χ3v) is 4.18. The van der Waals surface area contributed by atoms with Gasteiger partial charge in [-0.15, -0.1) is 0 Å². The third-order valence-electron chi connectivity index (χ3n) is 4.18. The molecule has 0 heterocycles. The van der Waals surface area contributed by atoms with Crippen LogP contribution in [0.5, 0.6) is 5.75 Å². The zero-order valence-corrected chi connectivity index (χ0v) is 13.3. The van der Waals surface area contributed by atoms with Crippen LogP contribution in [0.3, 0.4) is 0 Å². The summed E-state index contributed by atoms with van der Waals surface area (Å²) in [4.78, 5) is 13.5. The van der Waals surface area contributed by atoms with E-state index in [0.29, 0.717) is 6.54 Å². The van der Waals surface area contributed by atoms with Crippen LogP contribution in [0.4, 0.5) is 19.3 Å². The number of hydrogen-bond acceptors (Lipinski definition) is 3. The number of rotatable bonds is 4. The maximum absolute atomic E-state index is 13.6. The highest BCUT2D eigenvalue weighted by molar-refractivity contribution is 5.89. The van der Waals surface area contributed by atoms with E-state index in [1.807, 2.05) is 0 Å². The molecule has 7 heteroatoms. The Labute approximate surface area is 134 Å². The van der Waals surface area contributed by atoms with Gasteiger partial charge < -0.3 is 20.1 Å². The summed E-state index contributed by atoms with van der Waals surface area (Å²) >= 11 is 0. The van der Waals surface area contributed by atoms with Gasteiger partial charge >= 0.3 is 6.03 Å². The van der Waals surface area contributed by atoms with Crippen molar-refractivity contribution in [2.75, 3.05) is 26.0 Å². The average Bonchev–Trinajstić information content (AvgIpc) is 2.49. The molecule has 2 rings (SSSR count). The standard InChI is InChI=1S/C16H22F2N2O3/c1-20(9-10-5-3-4-6-14(10)21)16(22)19-11-7-12(17)15(23-2)13(18)8-11/h7-8,10,14,21H,3-6,9H2,1-2H3,(H,19,22)/t10-,14+/m1/s1. The van der Waals surface area contributed by atoms with Crippen molar-refractivity contribution in [3.63, 3.8) is 0 Å². The molecular formula is C16H22F2N2O3. The molecule has 1 aliphatic rings. The minimum Gasteiger partial charge on any atom is -0.491 e. The molecular weight excluding hydrogens is 306 g/mol. The maximum atomic E-state index is 13.6. The summed E-state index contributed by atoms with van der Waals surface area (Å²) in [7, 11) is 2.76. The van der Waals surface area contributed by atoms with E-state index < -0.39 is 29.5 Å². The summed E-state index contributed by atoms with van der Waals surface area (Å²) in [5.74, 6) is -2.22. The van der Waals surface area contributed by atoms with E-state index in [-0.39, 0.29) is 11.6 Å². The molecule has 23 heavy (non-hydrogen) atoms. The summed E-state index contributed by atoms with van der Waals surface area (Å²) in [5.41, 5.74) is 0.0156. The summed E-state index contributed by atoms with van der Waals surface area (Å²) in [5, 5.41) is 12.4. The normalized spacial score (nSPS) is 20.9. The van der Waals surface area contributed by atoms with Gasteiger partial charge in [-0.3, -0.25) is 0 Å². The first-order valence-electron chi connectivity index (χ1n) is 7.65. The Morgan fingerprint density at radius 2 is 1.96 bits per heavy atom. The Kier molecular flexibility index (Phi) is 5.76. The number of aliphatic hydroxyl groups excluding tert-OH is 1. The predicted octanol–water partition coefficient (Wildman–Crippen LogP) is 2.99. The summed E-state index contributed by atoms with van der Waals surface area (Å²) in [6, 6.07) is 1.53. The second kappa shape index (κ2) is 7.59. The van der Waals surface area contributed by atoms with Crippen LogP contribution in [0.15, 0.2) is 12.1 Å². The number of nitrogens with one attached hydrogen (secondary N) is 1. The van der Waals surface area contributed by atoms with Crippen LogP contribution in [-0.4, -0.2) is 42.8 Å². The fraction of sp³-hybridized carbons (Fsp3) is 0.562. The zero-order valence-electron chi connectivity index (χ0n) is 13.3. The number of anilines is 1. The zero-order chi connectivity index (χ0) is 17.0. The van der Waals surface area contributed by atoms with E-state index in [9.17, 15) is 18.7 Å². The highest BCUT2D eigenvalue weighted by Crippen LogP contribution is 2.27. The van der Waals surface area contributed by atoms with Crippen LogP contribution >= 0.6 is 0 Å². The summed E-state index contributed by atoms with van der Waals surface area (Å²) < 4.78 is 31.8. The van der Waals surface area contributed by atoms with Crippen molar-refractivity contribution in [3.05, 3.63) is 23.8 Å². The van der Waals surface area contributed by atoms with Crippen molar-refractivity contribution in [2.45, 2.75) is 31.8 Å². The lowest BCUT2D eigenvalue weighted by atomic mass is 9.86. The van der Waals surface area contributed by atoms with E-state index in [1.54, 1.807) is 7.05 Å². The van der Waals surface area contributed by atoms with Crippen LogP contribution < -0.4 is 10.1 Å². The highest BCUT2D eigenvalue weighted by atomic mass is 19.1. The van der Waals surface area contributed by atoms with E-state index in [1.165, 1.54) is 12.0 Å². The van der Waals surface area contributed by atoms with E-state index in [0.717, 1.165) is 37.8 Å². The molecule has 1 aliphatic carbocycles. The molecule has 2 amide bonds. The largest absolute Gasteiger partial charge is 0.491 e. The minimum absolute atomic E-state index is 0.0156. The van der Waals surface area contributed by atoms with Crippen LogP contribution in [-0.2, 0) is 0 Å². The molecule has 2 atom stereocenters. The molecule has 128 valence electrons. The molecule has 1 aromatic rings. The van der Waals surface area contributed by atoms with Gasteiger partial charge in [-0.05, 0) is 12.8 Å². The molecule has 1 aromatic carbocycles. The maximum Gasteiger partial charge on any atom is 0.321 e. The lowest BCUT2D eigenvalue weighted by Gasteiger charge is -2.31. The smallest absolute Gasteiger partial charge is 0.321 e. The SMILES string of the molecule is COc1c(F)cc(NC(=O)N(C)C[C@H]2CCCC[C@@H]2O)cc1F. The highest BCUT2D eigenvalue weighted by Gasteiger charge is 2.25. The average molecular weight is 328 g/mol. The number of methoxy groups -OCH3 is 1. The number of ether oxygens (including phenoxy) is 1. The Hall–Kier alpha value is -1.89. The monoisotopic (exact) mass is 328 g/mol. The minimum atomic E-state index is -0.881. The molecule has 0 unspecified atom stereocenters. The van der Waals surface area contributed by atoms with Crippen LogP contribution in [0.2, 0.25) is 0 Å². The fourth-order valence-electron chi connectivity index (χ4n) is 2.88. The van der Waals surface area contributed by atoms with Gasteiger partial charge in [-0.2, -0.15) is 0 Å². The van der Waals surface area contributed by atoms with Gasteiger partial charge in [0.25, 0.3) is 0 Å². The lowest BCUT2D eigenvalue weighted by molar-refractivity contribution is 0.0575. The lowest BCUT2D eigenvalue weighted by Crippen LogP contribution is -2.40. The number of benzene rings is 1. The van der Waals surface area contributed by atoms with Gasteiger partial charge in [0.1, 0.15) is 0 Å². The number of urea groups is 1. The van der Waals surface area contributed by atoms with Gasteiger partial charge in [0.05, 0.1) is 13.2 Å². The van der Waals surface area contributed by atoms with Gasteiger partial charge in [0.2, 0.25) is 0 Å². The number of carbonyl (C=O) groups excluding carboxylic acids is 1. The van der Waals surface area contributed by atoms with Crippen molar-refractivity contribution in [1.29, 1.82) is 0 Å². The molecule has 0 bridgehead atoms. The van der Waals surface area contributed by atoms with Crippen molar-refractivity contribution < 1.29 is 23.4 Å². The van der Waals surface area contributed by atoms with Crippen molar-refractivity contribution in [3.8, 4) is 5.75 Å². The molecule has 0 spiro atoms. The Morgan fingerprint density at radius 1 is 1.35 bits per heavy atom. The van der Waals surface area contributed by atoms with Gasteiger partial charge in [-0.25, -0.2) is 13.6 Å². The topological polar surface area (TPSA) is 61.8 Å². The fourth-order valence-corrected chi connectivity index (χ4v) is 2.88. The first-order valence-corrected chi connectivity index (χ1v) is 7.65. The van der Waals surface area contributed by atoms with Crippen LogP contribution in [0.1, 0.15) is 25.7 Å². The molecule has 1 saturated carbocycles. The Balaban J connectivity index is 1.98. The number of hydrogen-bond donors (Lipinski definition) is 2. The summed E-state index contributed by atoms with van der Waals surface area (Å²) in [6.45, 7) is 0.397. The Morgan fingerprint density at radius 3 is 2.52 bits per heavy atom. The van der Waals surface area contributed by atoms with E-state index in [4.69, 9.17) is 0 Å². The first-order chi connectivity index (χ1) is 10.9. The van der Waals surface area contributed by atoms with Crippen molar-refractivity contribution in [2.24, 2.45) is 5.92 Å².